The molecule has 0 saturated heterocycles. The van der Waals surface area contributed by atoms with Crippen LogP contribution in [-0.2, 0) is 11.3 Å². The summed E-state index contributed by atoms with van der Waals surface area (Å²) in [5.41, 5.74) is -0.480. The molecule has 0 aromatic carbocycles. The minimum absolute atomic E-state index is 0.182. The van der Waals surface area contributed by atoms with Crippen molar-refractivity contribution in [3.05, 3.63) is 17.5 Å². The fourth-order valence-electron chi connectivity index (χ4n) is 3.83. The number of rotatable bonds is 6. The summed E-state index contributed by atoms with van der Waals surface area (Å²) in [6.07, 6.45) is 5.08. The van der Waals surface area contributed by atoms with Crippen LogP contribution in [0.5, 0.6) is 0 Å². The Morgan fingerprint density at radius 3 is 2.64 bits per heavy atom. The van der Waals surface area contributed by atoms with Gasteiger partial charge in [-0.2, -0.15) is 5.10 Å². The lowest BCUT2D eigenvalue weighted by Gasteiger charge is -2.40. The molecule has 1 aliphatic heterocycles. The molecule has 28 heavy (non-hydrogen) atoms. The molecule has 1 unspecified atom stereocenters. The number of carbonyl (C=O) groups excluding carboxylic acids is 3. The minimum Gasteiger partial charge on any atom is -0.354 e. The zero-order valence-corrected chi connectivity index (χ0v) is 17.2. The highest BCUT2D eigenvalue weighted by atomic mass is 16.2. The summed E-state index contributed by atoms with van der Waals surface area (Å²) in [6.45, 7) is 6.71. The highest BCUT2D eigenvalue weighted by Crippen LogP contribution is 2.26. The van der Waals surface area contributed by atoms with E-state index in [2.05, 4.69) is 29.6 Å². The van der Waals surface area contributed by atoms with Crippen LogP contribution < -0.4 is 10.6 Å². The average molecular weight is 390 g/mol. The summed E-state index contributed by atoms with van der Waals surface area (Å²) in [5.74, 6) is -0.285. The Hall–Kier alpha value is -2.38. The Balaban J connectivity index is 1.75. The predicted octanol–water partition coefficient (Wildman–Crippen LogP) is 1.56. The van der Waals surface area contributed by atoms with E-state index in [1.165, 1.54) is 15.6 Å². The molecular formula is C20H31N5O3. The second-order valence-corrected chi connectivity index (χ2v) is 8.60. The van der Waals surface area contributed by atoms with Crippen molar-refractivity contribution >= 4 is 17.7 Å². The maximum atomic E-state index is 12.9. The van der Waals surface area contributed by atoms with Gasteiger partial charge in [0.2, 0.25) is 5.91 Å². The number of hydrogen-bond acceptors (Lipinski definition) is 4. The van der Waals surface area contributed by atoms with Crippen LogP contribution in [0.15, 0.2) is 6.07 Å². The van der Waals surface area contributed by atoms with Crippen molar-refractivity contribution in [1.82, 2.24) is 25.3 Å². The highest BCUT2D eigenvalue weighted by molar-refractivity contribution is 6.01. The molecule has 2 N–H and O–H groups in total. The van der Waals surface area contributed by atoms with Crippen LogP contribution in [0, 0.1) is 5.92 Å². The summed E-state index contributed by atoms with van der Waals surface area (Å²) >= 11 is 0. The standard InChI is InChI=1S/C20H31N5O3/c1-13(2)9-10-21-19(28)20(3)12-25-16(18(27)24(20)4)11-15(23-25)17(26)22-14-7-5-6-8-14/h11,13-14H,5-10,12H2,1-4H3,(H,21,28)(H,22,26). The normalized spacial score (nSPS) is 22.5. The van der Waals surface area contributed by atoms with Crippen molar-refractivity contribution in [3.63, 3.8) is 0 Å². The molecule has 1 aliphatic carbocycles. The Morgan fingerprint density at radius 2 is 2.00 bits per heavy atom. The number of nitrogens with zero attached hydrogens (tertiary/aromatic N) is 3. The number of nitrogens with one attached hydrogen (secondary N) is 2. The molecule has 1 aromatic rings. The average Bonchev–Trinajstić information content (AvgIpc) is 3.29. The maximum Gasteiger partial charge on any atom is 0.272 e. The molecule has 8 heteroatoms. The molecule has 1 fully saturated rings. The smallest absolute Gasteiger partial charge is 0.272 e. The molecule has 3 rings (SSSR count). The first-order valence-electron chi connectivity index (χ1n) is 10.2. The molecule has 2 heterocycles. The van der Waals surface area contributed by atoms with Gasteiger partial charge < -0.3 is 15.5 Å². The van der Waals surface area contributed by atoms with E-state index < -0.39 is 5.54 Å². The number of fused-ring (bicyclic) bond motifs is 1. The molecule has 1 saturated carbocycles. The monoisotopic (exact) mass is 389 g/mol. The third-order valence-corrected chi connectivity index (χ3v) is 5.92. The molecular weight excluding hydrogens is 358 g/mol. The Kier molecular flexibility index (Phi) is 5.76. The van der Waals surface area contributed by atoms with Gasteiger partial charge in [0.15, 0.2) is 5.69 Å². The van der Waals surface area contributed by atoms with E-state index in [1.54, 1.807) is 14.0 Å². The summed E-state index contributed by atoms with van der Waals surface area (Å²) in [4.78, 5) is 39.6. The van der Waals surface area contributed by atoms with E-state index >= 15 is 0 Å². The van der Waals surface area contributed by atoms with Gasteiger partial charge in [0, 0.05) is 25.7 Å². The van der Waals surface area contributed by atoms with E-state index in [-0.39, 0.29) is 36.0 Å². The molecule has 0 spiro atoms. The number of hydrogen-bond donors (Lipinski definition) is 2. The lowest BCUT2D eigenvalue weighted by Crippen LogP contribution is -2.62. The quantitative estimate of drug-likeness (QED) is 0.772. The van der Waals surface area contributed by atoms with Crippen molar-refractivity contribution in [3.8, 4) is 0 Å². The van der Waals surface area contributed by atoms with Crippen molar-refractivity contribution in [2.75, 3.05) is 13.6 Å². The molecule has 8 nitrogen and oxygen atoms in total. The van der Waals surface area contributed by atoms with E-state index in [9.17, 15) is 14.4 Å². The third-order valence-electron chi connectivity index (χ3n) is 5.92. The number of likely N-dealkylation sites (N-methyl/N-ethyl adjacent to an activating group) is 1. The van der Waals surface area contributed by atoms with Crippen LogP contribution in [0.25, 0.3) is 0 Å². The SMILES string of the molecule is CC(C)CCNC(=O)C1(C)Cn2nc(C(=O)NC3CCCC3)cc2C(=O)N1C. The van der Waals surface area contributed by atoms with Crippen molar-refractivity contribution in [2.45, 2.75) is 71.0 Å². The second-order valence-electron chi connectivity index (χ2n) is 8.60. The highest BCUT2D eigenvalue weighted by Gasteiger charge is 2.46. The number of carbonyl (C=O) groups is 3. The van der Waals surface area contributed by atoms with Crippen molar-refractivity contribution < 1.29 is 14.4 Å². The fourth-order valence-corrected chi connectivity index (χ4v) is 3.83. The fraction of sp³-hybridized carbons (Fsp3) is 0.700. The van der Waals surface area contributed by atoms with Gasteiger partial charge in [-0.15, -0.1) is 0 Å². The Labute approximate surface area is 166 Å². The first kappa shape index (κ1) is 20.4. The van der Waals surface area contributed by atoms with Crippen LogP contribution in [0.1, 0.15) is 73.9 Å². The summed E-state index contributed by atoms with van der Waals surface area (Å²) in [7, 11) is 1.62. The minimum atomic E-state index is -1.05. The summed E-state index contributed by atoms with van der Waals surface area (Å²) < 4.78 is 1.49. The van der Waals surface area contributed by atoms with Crippen LogP contribution in [0.2, 0.25) is 0 Å². The second kappa shape index (κ2) is 7.93. The summed E-state index contributed by atoms with van der Waals surface area (Å²) in [5, 5.41) is 10.3. The zero-order chi connectivity index (χ0) is 20.5. The van der Waals surface area contributed by atoms with Gasteiger partial charge >= 0.3 is 0 Å². The van der Waals surface area contributed by atoms with E-state index in [0.717, 1.165) is 32.1 Å². The number of amides is 3. The molecule has 2 aliphatic rings. The van der Waals surface area contributed by atoms with E-state index in [4.69, 9.17) is 0 Å². The van der Waals surface area contributed by atoms with Gasteiger partial charge in [0.05, 0.1) is 6.54 Å². The van der Waals surface area contributed by atoms with E-state index in [0.29, 0.717) is 18.2 Å². The predicted molar refractivity (Wildman–Crippen MR) is 105 cm³/mol. The van der Waals surface area contributed by atoms with Crippen LogP contribution in [0.3, 0.4) is 0 Å². The molecule has 1 atom stereocenters. The third kappa shape index (κ3) is 3.91. The Bertz CT molecular complexity index is 766. The largest absolute Gasteiger partial charge is 0.354 e. The van der Waals surface area contributed by atoms with Crippen LogP contribution in [0.4, 0.5) is 0 Å². The molecule has 3 amide bonds. The molecule has 154 valence electrons. The van der Waals surface area contributed by atoms with Gasteiger partial charge in [0.1, 0.15) is 11.2 Å². The lowest BCUT2D eigenvalue weighted by atomic mass is 9.95. The molecule has 0 bridgehead atoms. The Morgan fingerprint density at radius 1 is 1.32 bits per heavy atom. The molecule has 1 aromatic heterocycles. The first-order chi connectivity index (χ1) is 13.2. The van der Waals surface area contributed by atoms with Gasteiger partial charge in [0.25, 0.3) is 11.8 Å². The summed E-state index contributed by atoms with van der Waals surface area (Å²) in [6, 6.07) is 1.71. The number of aromatic nitrogens is 2. The zero-order valence-electron chi connectivity index (χ0n) is 17.2. The van der Waals surface area contributed by atoms with Crippen LogP contribution in [-0.4, -0.2) is 57.6 Å². The van der Waals surface area contributed by atoms with Crippen LogP contribution >= 0.6 is 0 Å². The first-order valence-corrected chi connectivity index (χ1v) is 10.2. The van der Waals surface area contributed by atoms with Gasteiger partial charge in [-0.1, -0.05) is 26.7 Å². The topological polar surface area (TPSA) is 96.3 Å². The molecule has 0 radical (unpaired) electrons. The van der Waals surface area contributed by atoms with Gasteiger partial charge in [-0.3, -0.25) is 19.1 Å². The maximum absolute atomic E-state index is 12.9. The van der Waals surface area contributed by atoms with Crippen molar-refractivity contribution in [2.24, 2.45) is 5.92 Å². The van der Waals surface area contributed by atoms with Crippen molar-refractivity contribution in [1.29, 1.82) is 0 Å². The van der Waals surface area contributed by atoms with Gasteiger partial charge in [-0.05, 0) is 32.1 Å². The van der Waals surface area contributed by atoms with E-state index in [1.807, 2.05) is 0 Å². The van der Waals surface area contributed by atoms with Gasteiger partial charge in [-0.25, -0.2) is 0 Å². The lowest BCUT2D eigenvalue weighted by molar-refractivity contribution is -0.132.